The van der Waals surface area contributed by atoms with Crippen molar-refractivity contribution in [3.63, 3.8) is 0 Å². The van der Waals surface area contributed by atoms with Gasteiger partial charge in [0.1, 0.15) is 28.8 Å². The molecule has 2 aliphatic heterocycles. The van der Waals surface area contributed by atoms with E-state index in [1.165, 1.54) is 13.0 Å². The van der Waals surface area contributed by atoms with E-state index in [-0.39, 0.29) is 40.3 Å². The summed E-state index contributed by atoms with van der Waals surface area (Å²) in [4.78, 5) is 53.0. The van der Waals surface area contributed by atoms with Gasteiger partial charge in [0.15, 0.2) is 5.78 Å². The van der Waals surface area contributed by atoms with Crippen LogP contribution in [0.2, 0.25) is 0 Å². The molecule has 3 unspecified atom stereocenters. The van der Waals surface area contributed by atoms with E-state index in [0.717, 1.165) is 18.6 Å². The lowest BCUT2D eigenvalue weighted by molar-refractivity contribution is -0.158. The van der Waals surface area contributed by atoms with Crippen LogP contribution in [-0.2, 0) is 14.3 Å². The van der Waals surface area contributed by atoms with Gasteiger partial charge in [0.05, 0.1) is 35.4 Å². The second-order valence-corrected chi connectivity index (χ2v) is 14.7. The Morgan fingerprint density at radius 1 is 1.21 bits per heavy atom. The Kier molecular flexibility index (Phi) is 9.55. The number of benzene rings is 1. The summed E-state index contributed by atoms with van der Waals surface area (Å²) in [5.74, 6) is -4.82. The number of amides is 3. The summed E-state index contributed by atoms with van der Waals surface area (Å²) in [5.41, 5.74) is 3.32. The van der Waals surface area contributed by atoms with Crippen molar-refractivity contribution in [3.8, 4) is 5.75 Å². The maximum Gasteiger partial charge on any atom is 0.315 e. The lowest BCUT2D eigenvalue weighted by Crippen LogP contribution is -2.64. The van der Waals surface area contributed by atoms with Crippen molar-refractivity contribution >= 4 is 35.3 Å². The van der Waals surface area contributed by atoms with Crippen molar-refractivity contribution in [2.45, 2.75) is 80.5 Å². The number of hydrogen-bond donors (Lipinski definition) is 6. The number of Topliss-reactive ketones (excluding diaryl/α,β-unsaturated/α-hetero) is 2. The molecule has 0 spiro atoms. The van der Waals surface area contributed by atoms with Gasteiger partial charge in [-0.2, -0.15) is 11.8 Å². The number of nitrogens with zero attached hydrogens (tertiary/aromatic N) is 1. The summed E-state index contributed by atoms with van der Waals surface area (Å²) in [7, 11) is 3.24. The molecule has 1 aromatic rings. The van der Waals surface area contributed by atoms with E-state index < -0.39 is 64.3 Å². The number of carbonyl (C=O) groups excluding carboxylic acids is 4. The summed E-state index contributed by atoms with van der Waals surface area (Å²) in [6.07, 6.45) is 1.69. The molecule has 0 radical (unpaired) electrons. The number of hydrogen-bond acceptors (Lipinski definition) is 10. The number of nitrogens with two attached hydrogens (primary N) is 1. The maximum atomic E-state index is 13.7. The van der Waals surface area contributed by atoms with E-state index in [2.05, 4.69) is 23.8 Å². The topological polar surface area (TPSA) is 192 Å². The number of aliphatic hydroxyl groups is 2. The Morgan fingerprint density at radius 3 is 2.57 bits per heavy atom. The number of phenols is 1. The molecule has 12 nitrogen and oxygen atoms in total. The molecule has 0 saturated carbocycles. The molecule has 47 heavy (non-hydrogen) atoms. The number of phenolic OH excluding ortho intramolecular Hbond substituents is 1. The fourth-order valence-corrected chi connectivity index (χ4v) is 9.40. The molecule has 4 aliphatic rings. The standard InChI is InChI=1S/C34H44N4O8S/c1-15(10-7-8-13-21-26-19(14-47-21)36-33(44)37-26)46-30(22-16(2)18-11-9-12-20(39)23(18)28(40)17(22)3)25-27(38(5)6)29(41)24(32(35)43)31(42)34(25,4)45/h9,11-12,16,19,21-22,25-27,30,39,41,45H,1,3,7-8,10,13-14H2,2,4-6H3,(H2,35,43)(H2,36,37,44)/t16-,19?,21?,22+,25+,26?,27-,30-,34+/m0/s1. The lowest BCUT2D eigenvalue weighted by Gasteiger charge is -2.50. The Balaban J connectivity index is 1.46. The third-order valence-electron chi connectivity index (χ3n) is 10.2. The number of allylic oxidation sites excluding steroid dienone is 1. The van der Waals surface area contributed by atoms with E-state index in [4.69, 9.17) is 10.5 Å². The summed E-state index contributed by atoms with van der Waals surface area (Å²) >= 11 is 1.83. The van der Waals surface area contributed by atoms with Crippen molar-refractivity contribution in [2.24, 2.45) is 17.6 Å². The van der Waals surface area contributed by atoms with Gasteiger partial charge in [0, 0.05) is 28.9 Å². The van der Waals surface area contributed by atoms with Crippen molar-refractivity contribution in [1.29, 1.82) is 0 Å². The first-order valence-corrected chi connectivity index (χ1v) is 16.9. The number of unbranched alkanes of at least 4 members (excludes halogenated alkanes) is 1. The molecule has 7 N–H and O–H groups in total. The minimum atomic E-state index is -2.27. The number of ketones is 2. The van der Waals surface area contributed by atoms with Crippen LogP contribution in [0, 0.1) is 11.8 Å². The molecule has 9 atom stereocenters. The molecule has 5 rings (SSSR count). The molecule has 13 heteroatoms. The van der Waals surface area contributed by atoms with Crippen molar-refractivity contribution in [3.05, 3.63) is 65.1 Å². The molecule has 254 valence electrons. The average Bonchev–Trinajstić information content (AvgIpc) is 3.54. The second-order valence-electron chi connectivity index (χ2n) is 13.4. The number of aliphatic hydroxyl groups excluding tert-OH is 1. The SMILES string of the molecule is C=C(CCCCC1SCC2NC(=O)NC21)O[C@@H]([C@H]1C(=C)C(=O)c2c(O)cccc2[C@@H]1C)[C@H]1[C@H](N(C)C)C(O)=C(C(N)=O)C(=O)[C@]1(C)O. The van der Waals surface area contributed by atoms with Crippen LogP contribution in [0.3, 0.4) is 0 Å². The quantitative estimate of drug-likeness (QED) is 0.0672. The van der Waals surface area contributed by atoms with Gasteiger partial charge in [-0.15, -0.1) is 0 Å². The fourth-order valence-electron chi connectivity index (χ4n) is 7.86. The fraction of sp³-hybridized carbons (Fsp3) is 0.529. The average molecular weight is 669 g/mol. The van der Waals surface area contributed by atoms with Crippen molar-refractivity contribution < 1.29 is 39.2 Å². The number of likely N-dealkylation sites (N-methyl/N-ethyl adjacent to an activating group) is 1. The van der Waals surface area contributed by atoms with E-state index in [0.29, 0.717) is 24.2 Å². The highest BCUT2D eigenvalue weighted by Crippen LogP contribution is 2.50. The van der Waals surface area contributed by atoms with Gasteiger partial charge < -0.3 is 36.4 Å². The molecule has 2 saturated heterocycles. The molecule has 3 amide bonds. The molecule has 0 bridgehead atoms. The summed E-state index contributed by atoms with van der Waals surface area (Å²) in [5, 5.41) is 40.1. The van der Waals surface area contributed by atoms with E-state index in [1.807, 2.05) is 18.7 Å². The number of primary amides is 1. The van der Waals surface area contributed by atoms with Crippen LogP contribution >= 0.6 is 11.8 Å². The number of fused-ring (bicyclic) bond motifs is 2. The van der Waals surface area contributed by atoms with Crippen LogP contribution < -0.4 is 16.4 Å². The predicted molar refractivity (Wildman–Crippen MR) is 177 cm³/mol. The number of carbonyl (C=O) groups is 4. The number of ether oxygens (including phenoxy) is 1. The number of nitrogens with one attached hydrogen (secondary N) is 2. The Morgan fingerprint density at radius 2 is 1.91 bits per heavy atom. The van der Waals surface area contributed by atoms with Crippen LogP contribution in [-0.4, -0.2) is 98.7 Å². The molecular formula is C34H44N4O8S. The largest absolute Gasteiger partial charge is 0.510 e. The highest BCUT2D eigenvalue weighted by atomic mass is 32.2. The lowest BCUT2D eigenvalue weighted by atomic mass is 9.61. The Bertz CT molecular complexity index is 1550. The first-order chi connectivity index (χ1) is 22.1. The molecule has 2 heterocycles. The van der Waals surface area contributed by atoms with Gasteiger partial charge >= 0.3 is 6.03 Å². The molecular weight excluding hydrogens is 624 g/mol. The van der Waals surface area contributed by atoms with Gasteiger partial charge in [0.25, 0.3) is 5.91 Å². The zero-order valence-electron chi connectivity index (χ0n) is 27.1. The van der Waals surface area contributed by atoms with Crippen LogP contribution in [0.25, 0.3) is 0 Å². The summed E-state index contributed by atoms with van der Waals surface area (Å²) in [6, 6.07) is 3.76. The molecule has 0 aromatic heterocycles. The monoisotopic (exact) mass is 668 g/mol. The molecule has 2 aliphatic carbocycles. The number of thioether (sulfide) groups is 1. The number of urea groups is 1. The predicted octanol–water partition coefficient (Wildman–Crippen LogP) is 2.67. The second kappa shape index (κ2) is 13.0. The number of aromatic hydroxyl groups is 1. The minimum absolute atomic E-state index is 0.0926. The molecule has 1 aromatic carbocycles. The van der Waals surface area contributed by atoms with Crippen molar-refractivity contribution in [1.82, 2.24) is 15.5 Å². The zero-order chi connectivity index (χ0) is 34.5. The Hall–Kier alpha value is -3.81. The van der Waals surface area contributed by atoms with Crippen LogP contribution in [0.1, 0.15) is 61.4 Å². The van der Waals surface area contributed by atoms with Crippen LogP contribution in [0.5, 0.6) is 5.75 Å². The van der Waals surface area contributed by atoms with Crippen LogP contribution in [0.4, 0.5) is 4.79 Å². The zero-order valence-corrected chi connectivity index (χ0v) is 27.9. The van der Waals surface area contributed by atoms with Gasteiger partial charge in [-0.25, -0.2) is 4.79 Å². The van der Waals surface area contributed by atoms with Crippen LogP contribution in [0.15, 0.2) is 54.0 Å². The maximum absolute atomic E-state index is 13.7. The first-order valence-electron chi connectivity index (χ1n) is 15.8. The number of rotatable bonds is 11. The van der Waals surface area contributed by atoms with Gasteiger partial charge in [-0.05, 0) is 51.4 Å². The smallest absolute Gasteiger partial charge is 0.315 e. The Labute approximate surface area is 278 Å². The third kappa shape index (κ3) is 6.04. The van der Waals surface area contributed by atoms with E-state index in [1.54, 1.807) is 31.1 Å². The van der Waals surface area contributed by atoms with Crippen molar-refractivity contribution in [2.75, 3.05) is 19.8 Å². The van der Waals surface area contributed by atoms with Gasteiger partial charge in [-0.1, -0.05) is 38.6 Å². The summed E-state index contributed by atoms with van der Waals surface area (Å²) < 4.78 is 6.60. The summed E-state index contributed by atoms with van der Waals surface area (Å²) in [6.45, 7) is 11.4. The minimum Gasteiger partial charge on any atom is -0.510 e. The van der Waals surface area contributed by atoms with E-state index in [9.17, 15) is 34.5 Å². The first kappa shape index (κ1) is 34.5. The van der Waals surface area contributed by atoms with Gasteiger partial charge in [0.2, 0.25) is 5.78 Å². The van der Waals surface area contributed by atoms with Gasteiger partial charge in [-0.3, -0.25) is 19.3 Å². The third-order valence-corrected chi connectivity index (χ3v) is 11.7. The highest BCUT2D eigenvalue weighted by molar-refractivity contribution is 8.00. The highest BCUT2D eigenvalue weighted by Gasteiger charge is 2.60. The van der Waals surface area contributed by atoms with E-state index >= 15 is 0 Å². The normalized spacial score (nSPS) is 32.5. The molecule has 2 fully saturated rings.